The maximum absolute atomic E-state index is 12.7. The summed E-state index contributed by atoms with van der Waals surface area (Å²) in [5, 5.41) is 0. The van der Waals surface area contributed by atoms with Crippen LogP contribution in [0.3, 0.4) is 0 Å². The molecule has 0 aromatic heterocycles. The normalized spacial score (nSPS) is 14.6. The zero-order valence-electron chi connectivity index (χ0n) is 13.4. The maximum atomic E-state index is 12.7. The van der Waals surface area contributed by atoms with E-state index in [2.05, 4.69) is 25.3 Å². The number of aliphatic imine (C=N–C) groups is 1. The Hall–Kier alpha value is -2.64. The van der Waals surface area contributed by atoms with E-state index in [-0.39, 0.29) is 16.5 Å². The van der Waals surface area contributed by atoms with Crippen molar-refractivity contribution in [3.05, 3.63) is 88.9 Å². The van der Waals surface area contributed by atoms with Crippen molar-refractivity contribution in [2.45, 2.75) is 4.90 Å². The molecule has 0 radical (unpaired) electrons. The van der Waals surface area contributed by atoms with Crippen molar-refractivity contribution < 1.29 is 13.2 Å². The number of hydrogen-bond donors (Lipinski definition) is 0. The van der Waals surface area contributed by atoms with Crippen molar-refractivity contribution in [2.24, 2.45) is 9.39 Å². The Kier molecular flexibility index (Phi) is 5.39. The molecule has 2 aromatic rings. The summed E-state index contributed by atoms with van der Waals surface area (Å²) in [4.78, 5) is 15.6. The molecule has 5 nitrogen and oxygen atoms in total. The van der Waals surface area contributed by atoms with Crippen LogP contribution in [-0.2, 0) is 14.8 Å². The summed E-state index contributed by atoms with van der Waals surface area (Å²) in [6, 6.07) is 15.0. The van der Waals surface area contributed by atoms with Crippen molar-refractivity contribution in [2.75, 3.05) is 0 Å². The number of halogens is 1. The summed E-state index contributed by atoms with van der Waals surface area (Å²) in [6.45, 7) is 0. The van der Waals surface area contributed by atoms with Gasteiger partial charge in [-0.25, -0.2) is 4.99 Å². The van der Waals surface area contributed by atoms with Gasteiger partial charge in [-0.2, -0.15) is 8.42 Å². The average molecular weight is 429 g/mol. The van der Waals surface area contributed by atoms with Crippen LogP contribution in [0.4, 0.5) is 0 Å². The van der Waals surface area contributed by atoms with E-state index in [9.17, 15) is 13.2 Å². The molecule has 26 heavy (non-hydrogen) atoms. The zero-order valence-corrected chi connectivity index (χ0v) is 15.8. The molecule has 0 heterocycles. The highest BCUT2D eigenvalue weighted by Gasteiger charge is 2.16. The first-order chi connectivity index (χ1) is 12.4. The fourth-order valence-electron chi connectivity index (χ4n) is 2.14. The van der Waals surface area contributed by atoms with Gasteiger partial charge in [0, 0.05) is 10.0 Å². The molecule has 1 aliphatic carbocycles. The first-order valence-electron chi connectivity index (χ1n) is 7.59. The Morgan fingerprint density at radius 3 is 2.08 bits per heavy atom. The maximum Gasteiger partial charge on any atom is 0.284 e. The monoisotopic (exact) mass is 428 g/mol. The predicted molar refractivity (Wildman–Crippen MR) is 105 cm³/mol. The van der Waals surface area contributed by atoms with E-state index in [1.54, 1.807) is 36.4 Å². The third-order valence-electron chi connectivity index (χ3n) is 3.42. The van der Waals surface area contributed by atoms with Crippen LogP contribution in [0.15, 0.2) is 97.7 Å². The molecule has 0 spiro atoms. The van der Waals surface area contributed by atoms with Gasteiger partial charge in [0.1, 0.15) is 0 Å². The standard InChI is InChI=1S/C19H13BrN2O3S/c20-15-6-12-18(13-7-15)26(24,25)22-19(14-4-2-1-3-5-14)21-16-8-10-17(23)11-9-16/h1-13H/b22-19+. The largest absolute Gasteiger partial charge is 0.290 e. The smallest absolute Gasteiger partial charge is 0.284 e. The van der Waals surface area contributed by atoms with E-state index in [1.807, 2.05) is 6.07 Å². The van der Waals surface area contributed by atoms with Crippen molar-refractivity contribution in [3.63, 3.8) is 0 Å². The van der Waals surface area contributed by atoms with Crippen LogP contribution in [-0.4, -0.2) is 25.7 Å². The molecule has 0 unspecified atom stereocenters. The van der Waals surface area contributed by atoms with Crippen molar-refractivity contribution >= 4 is 43.3 Å². The first-order valence-corrected chi connectivity index (χ1v) is 9.82. The van der Waals surface area contributed by atoms with Crippen molar-refractivity contribution in [1.29, 1.82) is 0 Å². The van der Waals surface area contributed by atoms with Crippen LogP contribution in [0.25, 0.3) is 0 Å². The number of allylic oxidation sites excluding steroid dienone is 4. The molecular formula is C19H13BrN2O3S. The van der Waals surface area contributed by atoms with Crippen molar-refractivity contribution in [3.8, 4) is 0 Å². The molecule has 2 aromatic carbocycles. The molecule has 0 amide bonds. The average Bonchev–Trinajstić information content (AvgIpc) is 2.64. The minimum atomic E-state index is -3.94. The van der Waals surface area contributed by atoms with Gasteiger partial charge in [-0.05, 0) is 48.6 Å². The third-order valence-corrected chi connectivity index (χ3v) is 5.23. The zero-order chi connectivity index (χ0) is 18.6. The lowest BCUT2D eigenvalue weighted by atomic mass is 10.1. The third kappa shape index (κ3) is 4.50. The summed E-state index contributed by atoms with van der Waals surface area (Å²) in [7, 11) is -3.94. The minimum absolute atomic E-state index is 0.0483. The second-order valence-electron chi connectivity index (χ2n) is 5.32. The number of carbonyl (C=O) groups is 1. The molecule has 0 aliphatic heterocycles. The number of nitrogens with zero attached hydrogens (tertiary/aromatic N) is 2. The molecule has 0 N–H and O–H groups in total. The Balaban J connectivity index is 2.09. The van der Waals surface area contributed by atoms with Crippen LogP contribution in [0, 0.1) is 0 Å². The topological polar surface area (TPSA) is 75.9 Å². The molecule has 130 valence electrons. The van der Waals surface area contributed by atoms with Gasteiger partial charge in [0.05, 0.1) is 10.6 Å². The van der Waals surface area contributed by atoms with E-state index in [0.717, 1.165) is 4.47 Å². The fourth-order valence-corrected chi connectivity index (χ4v) is 3.36. The first kappa shape index (κ1) is 18.2. The van der Waals surface area contributed by atoms with Gasteiger partial charge in [0.25, 0.3) is 10.0 Å². The molecular weight excluding hydrogens is 416 g/mol. The van der Waals surface area contributed by atoms with Gasteiger partial charge >= 0.3 is 0 Å². The van der Waals surface area contributed by atoms with E-state index in [0.29, 0.717) is 11.3 Å². The summed E-state index contributed by atoms with van der Waals surface area (Å²) in [6.07, 6.45) is 5.77. The van der Waals surface area contributed by atoms with Gasteiger partial charge in [-0.1, -0.05) is 46.3 Å². The van der Waals surface area contributed by atoms with Crippen LogP contribution < -0.4 is 0 Å². The van der Waals surface area contributed by atoms with E-state index in [4.69, 9.17) is 0 Å². The lowest BCUT2D eigenvalue weighted by Crippen LogP contribution is -2.08. The van der Waals surface area contributed by atoms with Crippen LogP contribution >= 0.6 is 15.9 Å². The molecule has 0 atom stereocenters. The van der Waals surface area contributed by atoms with Gasteiger partial charge in [0.15, 0.2) is 11.6 Å². The molecule has 0 bridgehead atoms. The van der Waals surface area contributed by atoms with E-state index >= 15 is 0 Å². The summed E-state index contributed by atoms with van der Waals surface area (Å²) in [5.74, 6) is -0.100. The van der Waals surface area contributed by atoms with Crippen LogP contribution in [0.5, 0.6) is 0 Å². The Bertz CT molecular complexity index is 1030. The van der Waals surface area contributed by atoms with Gasteiger partial charge in [-0.3, -0.25) is 4.79 Å². The highest BCUT2D eigenvalue weighted by atomic mass is 79.9. The lowest BCUT2D eigenvalue weighted by molar-refractivity contribution is -0.110. The second-order valence-corrected chi connectivity index (χ2v) is 7.84. The molecule has 0 saturated heterocycles. The fraction of sp³-hybridized carbons (Fsp3) is 0. The van der Waals surface area contributed by atoms with Gasteiger partial charge < -0.3 is 0 Å². The minimum Gasteiger partial charge on any atom is -0.290 e. The number of amidine groups is 1. The SMILES string of the molecule is O=C1C=CC(=N/C(=N/S(=O)(=O)c2ccc(Br)cc2)c2ccccc2)C=C1. The highest BCUT2D eigenvalue weighted by molar-refractivity contribution is 9.10. The summed E-state index contributed by atoms with van der Waals surface area (Å²) < 4.78 is 30.0. The number of benzene rings is 2. The summed E-state index contributed by atoms with van der Waals surface area (Å²) >= 11 is 3.28. The molecule has 0 fully saturated rings. The van der Waals surface area contributed by atoms with E-state index in [1.165, 1.54) is 36.4 Å². The summed E-state index contributed by atoms with van der Waals surface area (Å²) in [5.41, 5.74) is 0.998. The van der Waals surface area contributed by atoms with Crippen molar-refractivity contribution in [1.82, 2.24) is 0 Å². The second kappa shape index (κ2) is 7.72. The van der Waals surface area contributed by atoms with Crippen LogP contribution in [0.2, 0.25) is 0 Å². The predicted octanol–water partition coefficient (Wildman–Crippen LogP) is 3.72. The Labute approximate surface area is 159 Å². The number of sulfonamides is 1. The lowest BCUT2D eigenvalue weighted by Gasteiger charge is -2.05. The Morgan fingerprint density at radius 1 is 0.846 bits per heavy atom. The van der Waals surface area contributed by atoms with Gasteiger partial charge in [0.2, 0.25) is 0 Å². The molecule has 1 aliphatic rings. The number of ketones is 1. The molecule has 0 saturated carbocycles. The highest BCUT2D eigenvalue weighted by Crippen LogP contribution is 2.18. The molecule has 7 heteroatoms. The van der Waals surface area contributed by atoms with Gasteiger partial charge in [-0.15, -0.1) is 4.40 Å². The number of carbonyl (C=O) groups excluding carboxylic acids is 1. The quantitative estimate of drug-likeness (QED) is 0.424. The number of rotatable bonds is 3. The van der Waals surface area contributed by atoms with E-state index < -0.39 is 10.0 Å². The van der Waals surface area contributed by atoms with Crippen LogP contribution in [0.1, 0.15) is 5.56 Å². The molecule has 3 rings (SSSR count). The Morgan fingerprint density at radius 2 is 1.46 bits per heavy atom. The number of hydrogen-bond acceptors (Lipinski definition) is 3.